The summed E-state index contributed by atoms with van der Waals surface area (Å²) in [6.45, 7) is 4.12. The van der Waals surface area contributed by atoms with Gasteiger partial charge in [-0.05, 0) is 88.9 Å². The standard InChI is InChI=1S/C28H33ClN4O2/c1-18-5-8-25-26(33(18)28(34)19-6-7-19)10-9-24(27(25)35-23-4-2-3-21(29)15-23)20(16-30)17-32-22-11-13-31-14-12-22/h2-4,9-10,15-19,22,30-32H,5-8,11-14H2,1H3/b20-17+,30-16?/t18-/m0/s1. The highest BCUT2D eigenvalue weighted by molar-refractivity contribution is 6.30. The first-order chi connectivity index (χ1) is 17.0. The molecule has 3 N–H and O–H groups in total. The van der Waals surface area contributed by atoms with Crippen molar-refractivity contribution in [2.75, 3.05) is 18.0 Å². The quantitative estimate of drug-likeness (QED) is 0.443. The van der Waals surface area contributed by atoms with Crippen molar-refractivity contribution in [3.63, 3.8) is 0 Å². The fourth-order valence-electron chi connectivity index (χ4n) is 5.05. The minimum Gasteiger partial charge on any atom is -0.456 e. The van der Waals surface area contributed by atoms with Gasteiger partial charge >= 0.3 is 0 Å². The number of nitrogens with one attached hydrogen (secondary N) is 3. The Balaban J connectivity index is 1.56. The molecule has 2 aliphatic heterocycles. The van der Waals surface area contributed by atoms with E-state index < -0.39 is 0 Å². The fourth-order valence-corrected chi connectivity index (χ4v) is 5.23. The Morgan fingerprint density at radius 3 is 2.69 bits per heavy atom. The van der Waals surface area contributed by atoms with Crippen LogP contribution in [-0.2, 0) is 11.2 Å². The van der Waals surface area contributed by atoms with Gasteiger partial charge in [-0.3, -0.25) is 4.79 Å². The summed E-state index contributed by atoms with van der Waals surface area (Å²) >= 11 is 6.25. The lowest BCUT2D eigenvalue weighted by Crippen LogP contribution is -2.43. The number of rotatable bonds is 7. The van der Waals surface area contributed by atoms with Crippen molar-refractivity contribution in [2.24, 2.45) is 5.92 Å². The molecule has 3 aliphatic rings. The molecule has 1 amide bonds. The third-order valence-electron chi connectivity index (χ3n) is 7.21. The zero-order valence-corrected chi connectivity index (χ0v) is 20.9. The number of ether oxygens (including phenoxy) is 1. The van der Waals surface area contributed by atoms with Crippen molar-refractivity contribution >= 4 is 35.0 Å². The lowest BCUT2D eigenvalue weighted by molar-refractivity contribution is -0.120. The average Bonchev–Trinajstić information content (AvgIpc) is 3.71. The fraction of sp³-hybridized carbons (Fsp3) is 0.429. The first-order valence-corrected chi connectivity index (χ1v) is 13.0. The molecule has 2 fully saturated rings. The van der Waals surface area contributed by atoms with Crippen LogP contribution in [0.15, 0.2) is 42.6 Å². The molecule has 2 aromatic carbocycles. The second-order valence-electron chi connectivity index (χ2n) is 9.80. The number of halogens is 1. The molecule has 0 bridgehead atoms. The first kappa shape index (κ1) is 23.9. The van der Waals surface area contributed by atoms with Crippen LogP contribution >= 0.6 is 11.6 Å². The van der Waals surface area contributed by atoms with Crippen LogP contribution in [0.25, 0.3) is 5.57 Å². The van der Waals surface area contributed by atoms with E-state index in [2.05, 4.69) is 17.6 Å². The molecular formula is C28H33ClN4O2. The smallest absolute Gasteiger partial charge is 0.230 e. The second kappa shape index (κ2) is 10.4. The molecule has 184 valence electrons. The Morgan fingerprint density at radius 2 is 1.97 bits per heavy atom. The maximum absolute atomic E-state index is 13.2. The van der Waals surface area contributed by atoms with Crippen LogP contribution in [0.4, 0.5) is 5.69 Å². The Labute approximate surface area is 212 Å². The number of allylic oxidation sites excluding steroid dienone is 1. The molecule has 1 aliphatic carbocycles. The lowest BCUT2D eigenvalue weighted by Gasteiger charge is -2.37. The van der Waals surface area contributed by atoms with E-state index >= 15 is 0 Å². The molecule has 1 saturated carbocycles. The minimum atomic E-state index is 0.145. The van der Waals surface area contributed by atoms with E-state index in [4.69, 9.17) is 21.7 Å². The summed E-state index contributed by atoms with van der Waals surface area (Å²) in [5, 5.41) is 15.7. The summed E-state index contributed by atoms with van der Waals surface area (Å²) in [6, 6.07) is 11.9. The maximum Gasteiger partial charge on any atom is 0.230 e. The molecule has 0 spiro atoms. The van der Waals surface area contributed by atoms with Gasteiger partial charge in [0, 0.05) is 52.1 Å². The first-order valence-electron chi connectivity index (χ1n) is 12.7. The molecule has 7 heteroatoms. The Hall–Kier alpha value is -2.83. The van der Waals surface area contributed by atoms with Crippen molar-refractivity contribution in [1.82, 2.24) is 10.6 Å². The molecule has 0 aromatic heterocycles. The molecule has 0 unspecified atom stereocenters. The van der Waals surface area contributed by atoms with E-state index in [-0.39, 0.29) is 17.9 Å². The predicted molar refractivity (Wildman–Crippen MR) is 142 cm³/mol. The highest BCUT2D eigenvalue weighted by Crippen LogP contribution is 2.45. The van der Waals surface area contributed by atoms with Gasteiger partial charge in [0.15, 0.2) is 0 Å². The normalized spacial score (nSPS) is 20.8. The summed E-state index contributed by atoms with van der Waals surface area (Å²) in [7, 11) is 0. The van der Waals surface area contributed by atoms with Crippen molar-refractivity contribution in [3.8, 4) is 11.5 Å². The van der Waals surface area contributed by atoms with E-state index in [0.717, 1.165) is 74.0 Å². The van der Waals surface area contributed by atoms with Crippen LogP contribution in [0.2, 0.25) is 5.02 Å². The number of carbonyl (C=O) groups excluding carboxylic acids is 1. The van der Waals surface area contributed by atoms with Crippen LogP contribution in [0.5, 0.6) is 11.5 Å². The summed E-state index contributed by atoms with van der Waals surface area (Å²) < 4.78 is 6.50. The van der Waals surface area contributed by atoms with E-state index in [1.54, 1.807) is 6.07 Å². The van der Waals surface area contributed by atoms with Crippen LogP contribution < -0.4 is 20.3 Å². The average molecular weight is 493 g/mol. The largest absolute Gasteiger partial charge is 0.456 e. The van der Waals surface area contributed by atoms with Crippen LogP contribution in [-0.4, -0.2) is 37.3 Å². The van der Waals surface area contributed by atoms with Gasteiger partial charge in [0.25, 0.3) is 0 Å². The minimum absolute atomic E-state index is 0.145. The number of piperidine rings is 1. The third kappa shape index (κ3) is 5.24. The SMILES string of the molecule is C[C@H]1CCc2c(ccc(/C(C=N)=C/NC3CCNCC3)c2Oc2cccc(Cl)c2)N1C(=O)C1CC1. The molecular weight excluding hydrogens is 460 g/mol. The zero-order chi connectivity index (χ0) is 24.4. The topological polar surface area (TPSA) is 77.5 Å². The number of benzene rings is 2. The van der Waals surface area contributed by atoms with Gasteiger partial charge in [-0.2, -0.15) is 0 Å². The molecule has 35 heavy (non-hydrogen) atoms. The number of hydrogen-bond donors (Lipinski definition) is 3. The predicted octanol–water partition coefficient (Wildman–Crippen LogP) is 5.54. The number of anilines is 1. The number of hydrogen-bond acceptors (Lipinski definition) is 5. The van der Waals surface area contributed by atoms with E-state index in [1.165, 1.54) is 6.21 Å². The van der Waals surface area contributed by atoms with Crippen molar-refractivity contribution in [3.05, 3.63) is 58.7 Å². The Bertz CT molecular complexity index is 1140. The lowest BCUT2D eigenvalue weighted by atomic mass is 9.91. The van der Waals surface area contributed by atoms with E-state index in [0.29, 0.717) is 22.6 Å². The van der Waals surface area contributed by atoms with Gasteiger partial charge in [-0.25, -0.2) is 0 Å². The molecule has 1 saturated heterocycles. The summed E-state index contributed by atoms with van der Waals surface area (Å²) in [4.78, 5) is 15.2. The monoisotopic (exact) mass is 492 g/mol. The number of amides is 1. The molecule has 5 rings (SSSR count). The van der Waals surface area contributed by atoms with Crippen molar-refractivity contribution in [1.29, 1.82) is 5.41 Å². The molecule has 0 radical (unpaired) electrons. The van der Waals surface area contributed by atoms with Crippen LogP contribution in [0, 0.1) is 11.3 Å². The molecule has 6 nitrogen and oxygen atoms in total. The van der Waals surface area contributed by atoms with Gasteiger partial charge in [-0.15, -0.1) is 0 Å². The Morgan fingerprint density at radius 1 is 1.17 bits per heavy atom. The van der Waals surface area contributed by atoms with E-state index in [9.17, 15) is 4.79 Å². The van der Waals surface area contributed by atoms with Crippen molar-refractivity contribution in [2.45, 2.75) is 57.5 Å². The maximum atomic E-state index is 13.2. The van der Waals surface area contributed by atoms with Gasteiger partial charge in [-0.1, -0.05) is 17.7 Å². The van der Waals surface area contributed by atoms with Crippen molar-refractivity contribution < 1.29 is 9.53 Å². The second-order valence-corrected chi connectivity index (χ2v) is 10.2. The number of nitrogens with zero attached hydrogens (tertiary/aromatic N) is 1. The number of carbonyl (C=O) groups is 1. The highest BCUT2D eigenvalue weighted by atomic mass is 35.5. The zero-order valence-electron chi connectivity index (χ0n) is 20.1. The van der Waals surface area contributed by atoms with Gasteiger partial charge in [0.05, 0.1) is 5.69 Å². The highest BCUT2D eigenvalue weighted by Gasteiger charge is 2.39. The third-order valence-corrected chi connectivity index (χ3v) is 7.44. The summed E-state index contributed by atoms with van der Waals surface area (Å²) in [5.41, 5.74) is 3.54. The van der Waals surface area contributed by atoms with E-state index in [1.807, 2.05) is 41.4 Å². The Kier molecular flexibility index (Phi) is 7.12. The molecule has 2 aromatic rings. The van der Waals surface area contributed by atoms with Gasteiger partial charge in [0.1, 0.15) is 11.5 Å². The molecule has 2 heterocycles. The summed E-state index contributed by atoms with van der Waals surface area (Å²) in [5.74, 6) is 1.70. The van der Waals surface area contributed by atoms with Gasteiger partial charge in [0.2, 0.25) is 5.91 Å². The van der Waals surface area contributed by atoms with Crippen LogP contribution in [0.3, 0.4) is 0 Å². The van der Waals surface area contributed by atoms with Crippen LogP contribution in [0.1, 0.15) is 50.2 Å². The molecule has 1 atom stereocenters. The van der Waals surface area contributed by atoms with Gasteiger partial charge < -0.3 is 25.7 Å². The number of fused-ring (bicyclic) bond motifs is 1. The summed E-state index contributed by atoms with van der Waals surface area (Å²) in [6.07, 6.45) is 9.05.